The maximum Gasteiger partial charge on any atom is 0.200 e. The number of H-pyrrole nitrogens is 2. The second-order valence-corrected chi connectivity index (χ2v) is 6.16. The number of hydrogen-bond acceptors (Lipinski definition) is 2. The Hall–Kier alpha value is -2.37. The van der Waals surface area contributed by atoms with Gasteiger partial charge in [-0.3, -0.25) is 9.67 Å². The van der Waals surface area contributed by atoms with Gasteiger partial charge >= 0.3 is 0 Å². The number of aromatic nitrogens is 4. The third kappa shape index (κ3) is 2.29. The third-order valence-corrected chi connectivity index (χ3v) is 4.44. The largest absolute Gasteiger partial charge is 0.352 e. The third-order valence-electron chi connectivity index (χ3n) is 3.93. The van der Waals surface area contributed by atoms with E-state index in [1.807, 2.05) is 53.1 Å². The van der Waals surface area contributed by atoms with Crippen molar-refractivity contribution >= 4 is 34.7 Å². The van der Waals surface area contributed by atoms with E-state index in [-0.39, 0.29) is 0 Å². The molecule has 0 aliphatic rings. The summed E-state index contributed by atoms with van der Waals surface area (Å²) in [5.41, 5.74) is 4.01. The molecule has 2 heterocycles. The van der Waals surface area contributed by atoms with E-state index in [9.17, 15) is 0 Å². The summed E-state index contributed by atoms with van der Waals surface area (Å²) in [6.07, 6.45) is 0. The lowest BCUT2D eigenvalue weighted by atomic mass is 10.1. The van der Waals surface area contributed by atoms with Crippen LogP contribution in [-0.4, -0.2) is 19.7 Å². The molecule has 4 rings (SSSR count). The summed E-state index contributed by atoms with van der Waals surface area (Å²) in [4.78, 5) is 3.42. The highest BCUT2D eigenvalue weighted by molar-refractivity contribution is 7.71. The van der Waals surface area contributed by atoms with Crippen molar-refractivity contribution in [2.24, 2.45) is 0 Å². The first kappa shape index (κ1) is 14.2. The van der Waals surface area contributed by atoms with E-state index < -0.39 is 0 Å². The quantitative estimate of drug-likeness (QED) is 0.502. The summed E-state index contributed by atoms with van der Waals surface area (Å²) >= 11 is 11.5. The molecule has 6 heteroatoms. The van der Waals surface area contributed by atoms with Gasteiger partial charge in [-0.15, -0.1) is 0 Å². The fraction of sp³-hybridized carbons (Fsp3) is 0.0588. The van der Waals surface area contributed by atoms with Crippen LogP contribution in [0, 0.1) is 11.7 Å². The number of aryl methyl sites for hydroxylation is 1. The smallest absolute Gasteiger partial charge is 0.200 e. The van der Waals surface area contributed by atoms with Crippen LogP contribution in [0.25, 0.3) is 28.1 Å². The zero-order chi connectivity index (χ0) is 16.0. The minimum absolute atomic E-state index is 0.558. The van der Waals surface area contributed by atoms with Crippen molar-refractivity contribution in [2.75, 3.05) is 0 Å². The number of hydrogen-bond donors (Lipinski definition) is 2. The highest BCUT2D eigenvalue weighted by atomic mass is 35.5. The highest BCUT2D eigenvalue weighted by Gasteiger charge is 2.17. The molecule has 0 spiro atoms. The van der Waals surface area contributed by atoms with Crippen LogP contribution in [-0.2, 0) is 0 Å². The van der Waals surface area contributed by atoms with Crippen LogP contribution in [0.5, 0.6) is 0 Å². The molecule has 0 bridgehead atoms. The second kappa shape index (κ2) is 5.37. The number of fused-ring (bicyclic) bond motifs is 1. The van der Waals surface area contributed by atoms with E-state index in [0.29, 0.717) is 9.79 Å². The van der Waals surface area contributed by atoms with E-state index in [1.54, 1.807) is 0 Å². The van der Waals surface area contributed by atoms with Gasteiger partial charge in [-0.2, -0.15) is 5.10 Å². The van der Waals surface area contributed by atoms with Gasteiger partial charge < -0.3 is 4.98 Å². The number of benzene rings is 2. The Morgan fingerprint density at radius 3 is 2.70 bits per heavy atom. The average Bonchev–Trinajstić information content (AvgIpc) is 3.09. The van der Waals surface area contributed by atoms with Gasteiger partial charge in [0.25, 0.3) is 0 Å². The first-order valence-corrected chi connectivity index (χ1v) is 7.95. The summed E-state index contributed by atoms with van der Waals surface area (Å²) < 4.78 is 2.48. The summed E-state index contributed by atoms with van der Waals surface area (Å²) in [6, 6.07) is 15.7. The van der Waals surface area contributed by atoms with Crippen LogP contribution in [0.4, 0.5) is 0 Å². The van der Waals surface area contributed by atoms with E-state index >= 15 is 0 Å². The molecular formula is C17H13ClN4S. The summed E-state index contributed by atoms with van der Waals surface area (Å²) in [5, 5.41) is 9.11. The predicted octanol–water partition coefficient (Wildman–Crippen LogP) is 5.04. The van der Waals surface area contributed by atoms with E-state index in [4.69, 9.17) is 23.8 Å². The van der Waals surface area contributed by atoms with Crippen LogP contribution in [0.2, 0.25) is 5.02 Å². The van der Waals surface area contributed by atoms with Gasteiger partial charge in [0, 0.05) is 15.9 Å². The van der Waals surface area contributed by atoms with Crippen molar-refractivity contribution in [1.82, 2.24) is 19.7 Å². The number of aromatic amines is 2. The van der Waals surface area contributed by atoms with Gasteiger partial charge in [0.15, 0.2) is 10.6 Å². The molecule has 0 atom stereocenters. The van der Waals surface area contributed by atoms with Crippen LogP contribution in [0.15, 0.2) is 48.5 Å². The molecule has 2 N–H and O–H groups in total. The van der Waals surface area contributed by atoms with Gasteiger partial charge in [-0.1, -0.05) is 29.8 Å². The number of rotatable bonds is 2. The molecule has 0 fully saturated rings. The summed E-state index contributed by atoms with van der Waals surface area (Å²) in [7, 11) is 0. The molecule has 114 valence electrons. The number of halogens is 1. The number of para-hydroxylation sites is 1. The Balaban J connectivity index is 2.00. The van der Waals surface area contributed by atoms with E-state index in [1.165, 1.54) is 0 Å². The zero-order valence-electron chi connectivity index (χ0n) is 12.3. The maximum atomic E-state index is 6.12. The SMILES string of the molecule is Cc1c(-c2n[nH]c(=S)n2-c2ccccc2)[nH]c2ccc(Cl)cc12. The normalized spacial score (nSPS) is 11.2. The highest BCUT2D eigenvalue weighted by Crippen LogP contribution is 2.31. The molecule has 23 heavy (non-hydrogen) atoms. The molecule has 0 aliphatic heterocycles. The summed E-state index contributed by atoms with van der Waals surface area (Å²) in [6.45, 7) is 2.05. The Kier molecular flexibility index (Phi) is 3.32. The van der Waals surface area contributed by atoms with Gasteiger partial charge in [-0.05, 0) is 55.0 Å². The van der Waals surface area contributed by atoms with Crippen LogP contribution < -0.4 is 0 Å². The fourth-order valence-electron chi connectivity index (χ4n) is 2.80. The molecule has 0 amide bonds. The topological polar surface area (TPSA) is 49.4 Å². The molecule has 0 radical (unpaired) electrons. The first-order valence-electron chi connectivity index (χ1n) is 7.16. The van der Waals surface area contributed by atoms with Crippen molar-refractivity contribution in [3.8, 4) is 17.2 Å². The Morgan fingerprint density at radius 2 is 1.91 bits per heavy atom. The van der Waals surface area contributed by atoms with Gasteiger partial charge in [0.2, 0.25) is 0 Å². The monoisotopic (exact) mass is 340 g/mol. The van der Waals surface area contributed by atoms with Crippen molar-refractivity contribution in [1.29, 1.82) is 0 Å². The lowest BCUT2D eigenvalue weighted by Crippen LogP contribution is -1.98. The molecule has 0 saturated heterocycles. The van der Waals surface area contributed by atoms with Gasteiger partial charge in [-0.25, -0.2) is 0 Å². The van der Waals surface area contributed by atoms with Crippen molar-refractivity contribution in [2.45, 2.75) is 6.92 Å². The maximum absolute atomic E-state index is 6.12. The molecule has 0 aliphatic carbocycles. The average molecular weight is 341 g/mol. The van der Waals surface area contributed by atoms with Crippen LogP contribution >= 0.6 is 23.8 Å². The van der Waals surface area contributed by atoms with Crippen molar-refractivity contribution < 1.29 is 0 Å². The molecule has 4 nitrogen and oxygen atoms in total. The fourth-order valence-corrected chi connectivity index (χ4v) is 3.21. The van der Waals surface area contributed by atoms with E-state index in [0.717, 1.165) is 33.7 Å². The number of nitrogens with one attached hydrogen (secondary N) is 2. The zero-order valence-corrected chi connectivity index (χ0v) is 13.9. The molecule has 0 unspecified atom stereocenters. The minimum Gasteiger partial charge on any atom is -0.352 e. The van der Waals surface area contributed by atoms with Crippen LogP contribution in [0.3, 0.4) is 0 Å². The Labute approximate surface area is 142 Å². The Bertz CT molecular complexity index is 1060. The first-order chi connectivity index (χ1) is 11.1. The standard InChI is InChI=1S/C17H13ClN4S/c1-10-13-9-11(18)7-8-14(13)19-15(10)16-20-21-17(23)22(16)12-5-3-2-4-6-12/h2-9,19H,1H3,(H,21,23). The molecule has 2 aromatic carbocycles. The van der Waals surface area contributed by atoms with E-state index in [2.05, 4.69) is 22.1 Å². The molecule has 4 aromatic rings. The Morgan fingerprint density at radius 1 is 1.13 bits per heavy atom. The molecule has 0 saturated carbocycles. The van der Waals surface area contributed by atoms with Gasteiger partial charge in [0.1, 0.15) is 0 Å². The van der Waals surface area contributed by atoms with Gasteiger partial charge in [0.05, 0.1) is 11.4 Å². The minimum atomic E-state index is 0.558. The predicted molar refractivity (Wildman–Crippen MR) is 95.8 cm³/mol. The lowest BCUT2D eigenvalue weighted by Gasteiger charge is -2.06. The second-order valence-electron chi connectivity index (χ2n) is 5.34. The summed E-state index contributed by atoms with van der Waals surface area (Å²) in [5.74, 6) is 0.756. The molecular weight excluding hydrogens is 328 g/mol. The van der Waals surface area contributed by atoms with Crippen LogP contribution in [0.1, 0.15) is 5.56 Å². The molecule has 2 aromatic heterocycles. The lowest BCUT2D eigenvalue weighted by molar-refractivity contribution is 1.03. The van der Waals surface area contributed by atoms with Crippen molar-refractivity contribution in [3.63, 3.8) is 0 Å². The van der Waals surface area contributed by atoms with Crippen molar-refractivity contribution in [3.05, 3.63) is 63.9 Å². The number of nitrogens with zero attached hydrogens (tertiary/aromatic N) is 2.